The number of carbonyl (C=O) groups is 1. The fourth-order valence-electron chi connectivity index (χ4n) is 2.93. The number of hydrogen-bond acceptors (Lipinski definition) is 5. The Morgan fingerprint density at radius 2 is 1.96 bits per heavy atom. The van der Waals surface area contributed by atoms with E-state index >= 15 is 0 Å². The molecule has 2 aromatic heterocycles. The van der Waals surface area contributed by atoms with Gasteiger partial charge in [-0.15, -0.1) is 0 Å². The molecule has 0 aliphatic heterocycles. The maximum absolute atomic E-state index is 12.9. The average Bonchev–Trinajstić information content (AvgIpc) is 3.03. The van der Waals surface area contributed by atoms with Crippen LogP contribution in [0, 0.1) is 12.8 Å². The second-order valence-corrected chi connectivity index (χ2v) is 7.05. The van der Waals surface area contributed by atoms with Gasteiger partial charge in [0.1, 0.15) is 11.6 Å². The Hall–Kier alpha value is -3.16. The topological polar surface area (TPSA) is 92.6 Å². The van der Waals surface area contributed by atoms with E-state index in [-0.39, 0.29) is 23.9 Å². The monoisotopic (exact) mass is 383 g/mol. The molecule has 0 spiro atoms. The smallest absolute Gasteiger partial charge is 0.274 e. The highest BCUT2D eigenvalue weighted by atomic mass is 16.5. The molecule has 2 heterocycles. The fraction of sp³-hybridized carbons (Fsp3) is 0.400. The summed E-state index contributed by atoms with van der Waals surface area (Å²) in [4.78, 5) is 35.3. The average molecular weight is 383 g/mol. The number of carbonyl (C=O) groups excluding carboxylic acids is 1. The quantitative estimate of drug-likeness (QED) is 0.677. The number of anilines is 1. The summed E-state index contributed by atoms with van der Waals surface area (Å²) in [6.07, 6.45) is 0.407. The number of H-pyrrole nitrogens is 1. The zero-order valence-electron chi connectivity index (χ0n) is 16.6. The predicted molar refractivity (Wildman–Crippen MR) is 107 cm³/mol. The van der Waals surface area contributed by atoms with E-state index in [1.54, 1.807) is 11.8 Å². The molecule has 3 aromatic rings. The lowest BCUT2D eigenvalue weighted by atomic mass is 10.1. The second-order valence-electron chi connectivity index (χ2n) is 7.05. The van der Waals surface area contributed by atoms with Crippen LogP contribution in [0.2, 0.25) is 0 Å². The van der Waals surface area contributed by atoms with Crippen molar-refractivity contribution in [1.82, 2.24) is 19.6 Å². The molecule has 0 fully saturated rings. The molecule has 0 aliphatic rings. The summed E-state index contributed by atoms with van der Waals surface area (Å²) in [5.41, 5.74) is 1.11. The Morgan fingerprint density at radius 1 is 1.25 bits per heavy atom. The SMILES string of the molecule is CCOc1ccc(N(Cc2nc3nc(C)cc(=O)n3[nH]2)C(=O)CC(C)C)cc1. The number of aryl methyl sites for hydroxylation is 1. The minimum absolute atomic E-state index is 0.0175. The molecule has 0 saturated heterocycles. The van der Waals surface area contributed by atoms with Gasteiger partial charge in [0.15, 0.2) is 0 Å². The van der Waals surface area contributed by atoms with E-state index in [2.05, 4.69) is 15.1 Å². The summed E-state index contributed by atoms with van der Waals surface area (Å²) < 4.78 is 6.76. The number of amides is 1. The normalized spacial score (nSPS) is 11.2. The van der Waals surface area contributed by atoms with Crippen molar-refractivity contribution < 1.29 is 9.53 Å². The van der Waals surface area contributed by atoms with E-state index in [4.69, 9.17) is 4.74 Å². The Labute approximate surface area is 163 Å². The molecule has 0 bridgehead atoms. The van der Waals surface area contributed by atoms with Crippen molar-refractivity contribution in [3.05, 3.63) is 52.2 Å². The maximum atomic E-state index is 12.9. The first kappa shape index (κ1) is 19.6. The molecule has 3 rings (SSSR count). The van der Waals surface area contributed by atoms with Crippen molar-refractivity contribution in [2.45, 2.75) is 40.7 Å². The minimum Gasteiger partial charge on any atom is -0.494 e. The summed E-state index contributed by atoms with van der Waals surface area (Å²) >= 11 is 0. The van der Waals surface area contributed by atoms with Crippen LogP contribution in [-0.4, -0.2) is 32.1 Å². The van der Waals surface area contributed by atoms with Crippen LogP contribution in [-0.2, 0) is 11.3 Å². The number of nitrogens with zero attached hydrogens (tertiary/aromatic N) is 4. The van der Waals surface area contributed by atoms with Crippen LogP contribution in [0.3, 0.4) is 0 Å². The fourth-order valence-corrected chi connectivity index (χ4v) is 2.93. The Balaban J connectivity index is 1.94. The second kappa shape index (κ2) is 8.24. The van der Waals surface area contributed by atoms with Gasteiger partial charge >= 0.3 is 0 Å². The van der Waals surface area contributed by atoms with Gasteiger partial charge in [-0.25, -0.2) is 4.98 Å². The van der Waals surface area contributed by atoms with Gasteiger partial charge in [0.2, 0.25) is 5.91 Å². The van der Waals surface area contributed by atoms with Crippen LogP contribution in [0.4, 0.5) is 5.69 Å². The van der Waals surface area contributed by atoms with Crippen LogP contribution in [0.5, 0.6) is 5.75 Å². The van der Waals surface area contributed by atoms with Crippen molar-refractivity contribution >= 4 is 17.4 Å². The summed E-state index contributed by atoms with van der Waals surface area (Å²) in [6, 6.07) is 8.80. The van der Waals surface area contributed by atoms with Crippen LogP contribution < -0.4 is 15.2 Å². The highest BCUT2D eigenvalue weighted by Gasteiger charge is 2.20. The molecule has 0 aliphatic carbocycles. The summed E-state index contributed by atoms with van der Waals surface area (Å²) in [5, 5.41) is 2.94. The van der Waals surface area contributed by atoms with Crippen molar-refractivity contribution in [2.75, 3.05) is 11.5 Å². The number of hydrogen-bond donors (Lipinski definition) is 1. The molecule has 8 heteroatoms. The number of aromatic amines is 1. The van der Waals surface area contributed by atoms with Crippen LogP contribution >= 0.6 is 0 Å². The highest BCUT2D eigenvalue weighted by molar-refractivity contribution is 5.93. The summed E-state index contributed by atoms with van der Waals surface area (Å²) in [6.45, 7) is 8.46. The van der Waals surface area contributed by atoms with E-state index in [1.165, 1.54) is 10.6 Å². The van der Waals surface area contributed by atoms with Crippen molar-refractivity contribution in [2.24, 2.45) is 5.92 Å². The number of aromatic nitrogens is 4. The molecule has 8 nitrogen and oxygen atoms in total. The lowest BCUT2D eigenvalue weighted by Gasteiger charge is -2.23. The standard InChI is InChI=1S/C20H25N5O3/c1-5-28-16-8-6-15(7-9-16)24(18(26)10-13(2)3)12-17-22-20-21-14(4)11-19(27)25(20)23-17/h6-9,11,13H,5,10,12H2,1-4H3,(H,21,22,23). The summed E-state index contributed by atoms with van der Waals surface area (Å²) in [7, 11) is 0. The minimum atomic E-state index is -0.234. The lowest BCUT2D eigenvalue weighted by Crippen LogP contribution is -2.31. The number of ether oxygens (including phenoxy) is 1. The number of nitrogens with one attached hydrogen (secondary N) is 1. The molecular weight excluding hydrogens is 358 g/mol. The van der Waals surface area contributed by atoms with E-state index in [9.17, 15) is 9.59 Å². The van der Waals surface area contributed by atoms with Crippen molar-refractivity contribution in [3.63, 3.8) is 0 Å². The third-order valence-electron chi connectivity index (χ3n) is 4.16. The van der Waals surface area contributed by atoms with Gasteiger partial charge in [-0.05, 0) is 44.0 Å². The molecule has 28 heavy (non-hydrogen) atoms. The molecule has 0 radical (unpaired) electrons. The third kappa shape index (κ3) is 4.39. The first-order chi connectivity index (χ1) is 13.4. The molecule has 0 unspecified atom stereocenters. The predicted octanol–water partition coefficient (Wildman–Crippen LogP) is 2.70. The Morgan fingerprint density at radius 3 is 2.61 bits per heavy atom. The van der Waals surface area contributed by atoms with Crippen LogP contribution in [0.25, 0.3) is 5.78 Å². The van der Waals surface area contributed by atoms with Crippen molar-refractivity contribution in [1.29, 1.82) is 0 Å². The summed E-state index contributed by atoms with van der Waals surface area (Å²) in [5.74, 6) is 1.73. The molecule has 148 valence electrons. The van der Waals surface area contributed by atoms with E-state index in [1.807, 2.05) is 45.0 Å². The molecular formula is C20H25N5O3. The molecule has 1 N–H and O–H groups in total. The third-order valence-corrected chi connectivity index (χ3v) is 4.16. The van der Waals surface area contributed by atoms with E-state index in [0.29, 0.717) is 30.3 Å². The van der Waals surface area contributed by atoms with Gasteiger partial charge in [-0.2, -0.15) is 9.50 Å². The maximum Gasteiger partial charge on any atom is 0.274 e. The largest absolute Gasteiger partial charge is 0.494 e. The zero-order valence-corrected chi connectivity index (χ0v) is 16.6. The van der Waals surface area contributed by atoms with Crippen LogP contribution in [0.1, 0.15) is 38.7 Å². The molecule has 1 amide bonds. The Bertz CT molecular complexity index is 1020. The number of rotatable bonds is 7. The first-order valence-electron chi connectivity index (χ1n) is 9.36. The Kier molecular flexibility index (Phi) is 5.77. The zero-order chi connectivity index (χ0) is 20.3. The highest BCUT2D eigenvalue weighted by Crippen LogP contribution is 2.22. The number of benzene rings is 1. The van der Waals surface area contributed by atoms with Gasteiger partial charge in [-0.1, -0.05) is 13.8 Å². The van der Waals surface area contributed by atoms with Crippen molar-refractivity contribution in [3.8, 4) is 5.75 Å². The van der Waals surface area contributed by atoms with Gasteiger partial charge < -0.3 is 9.64 Å². The lowest BCUT2D eigenvalue weighted by molar-refractivity contribution is -0.119. The molecule has 1 aromatic carbocycles. The molecule has 0 atom stereocenters. The number of fused-ring (bicyclic) bond motifs is 1. The van der Waals surface area contributed by atoms with Gasteiger partial charge in [0, 0.05) is 23.9 Å². The van der Waals surface area contributed by atoms with Gasteiger partial charge in [0.25, 0.3) is 11.3 Å². The van der Waals surface area contributed by atoms with E-state index < -0.39 is 0 Å². The van der Waals surface area contributed by atoms with E-state index in [0.717, 1.165) is 11.4 Å². The van der Waals surface area contributed by atoms with Crippen LogP contribution in [0.15, 0.2) is 35.1 Å². The van der Waals surface area contributed by atoms with Gasteiger partial charge in [-0.3, -0.25) is 14.7 Å². The van der Waals surface area contributed by atoms with Gasteiger partial charge in [0.05, 0.1) is 13.2 Å². The first-order valence-corrected chi connectivity index (χ1v) is 9.36. The molecule has 0 saturated carbocycles.